The summed E-state index contributed by atoms with van der Waals surface area (Å²) in [6, 6.07) is 15.2. The fourth-order valence-corrected chi connectivity index (χ4v) is 2.75. The number of aliphatic imine (C=N–C) groups is 1. The first-order chi connectivity index (χ1) is 12.0. The van der Waals surface area contributed by atoms with E-state index in [1.807, 2.05) is 18.0 Å². The summed E-state index contributed by atoms with van der Waals surface area (Å²) in [7, 11) is 7.83. The number of hydrogen-bond donors (Lipinski definition) is 1. The first kappa shape index (κ1) is 18.9. The molecule has 2 aromatic carbocycles. The lowest BCUT2D eigenvalue weighted by molar-refractivity contribution is 0.402. The first-order valence-electron chi connectivity index (χ1n) is 8.36. The van der Waals surface area contributed by atoms with E-state index in [2.05, 4.69) is 53.6 Å². The van der Waals surface area contributed by atoms with Crippen LogP contribution in [-0.4, -0.2) is 44.0 Å². The highest BCUT2D eigenvalue weighted by molar-refractivity contribution is 5.79. The van der Waals surface area contributed by atoms with Gasteiger partial charge in [0.25, 0.3) is 0 Å². The van der Waals surface area contributed by atoms with Gasteiger partial charge in [0.2, 0.25) is 0 Å². The van der Waals surface area contributed by atoms with Crippen LogP contribution in [0.1, 0.15) is 16.7 Å². The van der Waals surface area contributed by atoms with Gasteiger partial charge in [-0.1, -0.05) is 36.4 Å². The summed E-state index contributed by atoms with van der Waals surface area (Å²) in [5, 5.41) is 3.37. The molecule has 1 N–H and O–H groups in total. The van der Waals surface area contributed by atoms with Crippen molar-refractivity contribution in [3.05, 3.63) is 71.0 Å². The smallest absolute Gasteiger partial charge is 0.193 e. The molecule has 0 aliphatic heterocycles. The molecule has 134 valence electrons. The summed E-state index contributed by atoms with van der Waals surface area (Å²) < 4.78 is 13.3. The molecule has 5 heteroatoms. The minimum atomic E-state index is -0.216. The second-order valence-corrected chi connectivity index (χ2v) is 6.44. The Morgan fingerprint density at radius 1 is 0.960 bits per heavy atom. The Labute approximate surface area is 150 Å². The molecule has 4 nitrogen and oxygen atoms in total. The predicted molar refractivity (Wildman–Crippen MR) is 102 cm³/mol. The summed E-state index contributed by atoms with van der Waals surface area (Å²) in [6.45, 7) is 2.21. The van der Waals surface area contributed by atoms with E-state index >= 15 is 0 Å². The molecule has 2 rings (SSSR count). The quantitative estimate of drug-likeness (QED) is 0.646. The Balaban J connectivity index is 1.95. The van der Waals surface area contributed by atoms with Crippen LogP contribution in [0, 0.1) is 5.82 Å². The van der Waals surface area contributed by atoms with E-state index in [9.17, 15) is 4.39 Å². The Morgan fingerprint density at radius 2 is 1.60 bits per heavy atom. The Morgan fingerprint density at radius 3 is 2.24 bits per heavy atom. The normalized spacial score (nSPS) is 11.7. The Bertz CT molecular complexity index is 712. The summed E-state index contributed by atoms with van der Waals surface area (Å²) >= 11 is 0. The van der Waals surface area contributed by atoms with Gasteiger partial charge in [-0.25, -0.2) is 4.39 Å². The number of halogens is 1. The second kappa shape index (κ2) is 9.18. The molecule has 0 bridgehead atoms. The standard InChI is InChI=1S/C20H27FN4/c1-22-20(25(4)15-18-9-6-10-19(21)12-18)23-13-16-7-5-8-17(11-16)14-24(2)3/h5-12H,13-15H2,1-4H3,(H,22,23). The van der Waals surface area contributed by atoms with Crippen LogP contribution >= 0.6 is 0 Å². The predicted octanol–water partition coefficient (Wildman–Crippen LogP) is 3.09. The largest absolute Gasteiger partial charge is 0.352 e. The monoisotopic (exact) mass is 342 g/mol. The zero-order valence-corrected chi connectivity index (χ0v) is 15.5. The van der Waals surface area contributed by atoms with Crippen molar-refractivity contribution < 1.29 is 4.39 Å². The molecule has 0 aliphatic carbocycles. The van der Waals surface area contributed by atoms with Crippen molar-refractivity contribution in [1.29, 1.82) is 0 Å². The molecule has 0 amide bonds. The molecule has 0 unspecified atom stereocenters. The molecule has 0 heterocycles. The van der Waals surface area contributed by atoms with E-state index in [0.717, 1.165) is 18.1 Å². The zero-order valence-electron chi connectivity index (χ0n) is 15.5. The van der Waals surface area contributed by atoms with Gasteiger partial charge in [-0.2, -0.15) is 0 Å². The van der Waals surface area contributed by atoms with Gasteiger partial charge in [-0.05, 0) is 42.9 Å². The Hall–Kier alpha value is -2.40. The minimum absolute atomic E-state index is 0.216. The summed E-state index contributed by atoms with van der Waals surface area (Å²) in [5.74, 6) is 0.564. The molecule has 0 radical (unpaired) electrons. The average Bonchev–Trinajstić information content (AvgIpc) is 2.55. The van der Waals surface area contributed by atoms with Gasteiger partial charge in [-0.15, -0.1) is 0 Å². The number of benzene rings is 2. The van der Waals surface area contributed by atoms with E-state index in [0.29, 0.717) is 13.1 Å². The minimum Gasteiger partial charge on any atom is -0.352 e. The van der Waals surface area contributed by atoms with E-state index in [1.54, 1.807) is 19.2 Å². The molecule has 0 saturated heterocycles. The Kier molecular flexibility index (Phi) is 6.95. The third-order valence-corrected chi connectivity index (χ3v) is 3.82. The first-order valence-corrected chi connectivity index (χ1v) is 8.36. The van der Waals surface area contributed by atoms with Gasteiger partial charge in [0.05, 0.1) is 0 Å². The van der Waals surface area contributed by atoms with E-state index in [4.69, 9.17) is 0 Å². The molecule has 25 heavy (non-hydrogen) atoms. The maximum Gasteiger partial charge on any atom is 0.193 e. The zero-order chi connectivity index (χ0) is 18.2. The molecule has 0 aliphatic rings. The lowest BCUT2D eigenvalue weighted by atomic mass is 10.1. The van der Waals surface area contributed by atoms with Crippen LogP contribution in [-0.2, 0) is 19.6 Å². The summed E-state index contributed by atoms with van der Waals surface area (Å²) in [6.07, 6.45) is 0. The maximum atomic E-state index is 13.3. The van der Waals surface area contributed by atoms with E-state index in [-0.39, 0.29) is 5.82 Å². The van der Waals surface area contributed by atoms with Crippen LogP contribution in [0.3, 0.4) is 0 Å². The fraction of sp³-hybridized carbons (Fsp3) is 0.350. The van der Waals surface area contributed by atoms with Crippen molar-refractivity contribution in [2.45, 2.75) is 19.6 Å². The molecular weight excluding hydrogens is 315 g/mol. The van der Waals surface area contributed by atoms with E-state index < -0.39 is 0 Å². The molecule has 0 saturated carbocycles. The number of hydrogen-bond acceptors (Lipinski definition) is 2. The molecular formula is C20H27FN4. The fourth-order valence-electron chi connectivity index (χ4n) is 2.75. The topological polar surface area (TPSA) is 30.9 Å². The van der Waals surface area contributed by atoms with Crippen molar-refractivity contribution in [2.75, 3.05) is 28.2 Å². The van der Waals surface area contributed by atoms with Gasteiger partial charge in [-0.3, -0.25) is 4.99 Å². The lowest BCUT2D eigenvalue weighted by Crippen LogP contribution is -2.38. The highest BCUT2D eigenvalue weighted by atomic mass is 19.1. The highest BCUT2D eigenvalue weighted by Gasteiger charge is 2.07. The third kappa shape index (κ3) is 6.19. The highest BCUT2D eigenvalue weighted by Crippen LogP contribution is 2.09. The van der Waals surface area contributed by atoms with Crippen molar-refractivity contribution in [2.24, 2.45) is 4.99 Å². The number of rotatable bonds is 6. The van der Waals surface area contributed by atoms with Crippen molar-refractivity contribution >= 4 is 5.96 Å². The van der Waals surface area contributed by atoms with Crippen molar-refractivity contribution in [3.63, 3.8) is 0 Å². The van der Waals surface area contributed by atoms with Crippen molar-refractivity contribution in [3.8, 4) is 0 Å². The lowest BCUT2D eigenvalue weighted by Gasteiger charge is -2.22. The van der Waals surface area contributed by atoms with Gasteiger partial charge >= 0.3 is 0 Å². The van der Waals surface area contributed by atoms with Crippen molar-refractivity contribution in [1.82, 2.24) is 15.1 Å². The van der Waals surface area contributed by atoms with E-state index in [1.165, 1.54) is 17.2 Å². The van der Waals surface area contributed by atoms with Gasteiger partial charge in [0, 0.05) is 33.7 Å². The van der Waals surface area contributed by atoms with Gasteiger partial charge < -0.3 is 15.1 Å². The molecule has 0 aromatic heterocycles. The van der Waals surface area contributed by atoms with Crippen LogP contribution in [0.15, 0.2) is 53.5 Å². The SMILES string of the molecule is CN=C(NCc1cccc(CN(C)C)c1)N(C)Cc1cccc(F)c1. The number of nitrogens with zero attached hydrogens (tertiary/aromatic N) is 3. The number of nitrogens with one attached hydrogen (secondary N) is 1. The summed E-state index contributed by atoms with van der Waals surface area (Å²) in [5.41, 5.74) is 3.41. The molecule has 0 fully saturated rings. The second-order valence-electron chi connectivity index (χ2n) is 6.44. The van der Waals surface area contributed by atoms with Crippen LogP contribution in [0.25, 0.3) is 0 Å². The molecule has 0 spiro atoms. The third-order valence-electron chi connectivity index (χ3n) is 3.82. The number of guanidine groups is 1. The molecule has 0 atom stereocenters. The van der Waals surface area contributed by atoms with Crippen LogP contribution in [0.2, 0.25) is 0 Å². The van der Waals surface area contributed by atoms with Gasteiger partial charge in [0.1, 0.15) is 5.82 Å². The average molecular weight is 342 g/mol. The van der Waals surface area contributed by atoms with Crippen LogP contribution in [0.5, 0.6) is 0 Å². The van der Waals surface area contributed by atoms with Crippen LogP contribution < -0.4 is 5.32 Å². The maximum absolute atomic E-state index is 13.3. The van der Waals surface area contributed by atoms with Crippen LogP contribution in [0.4, 0.5) is 4.39 Å². The van der Waals surface area contributed by atoms with Gasteiger partial charge in [0.15, 0.2) is 5.96 Å². The molecule has 2 aromatic rings. The summed E-state index contributed by atoms with van der Waals surface area (Å²) in [4.78, 5) is 8.46.